The number of halogens is 1. The molecule has 0 radical (unpaired) electrons. The Balaban J connectivity index is 1.83. The predicted molar refractivity (Wildman–Crippen MR) is 119 cm³/mol. The summed E-state index contributed by atoms with van der Waals surface area (Å²) in [6, 6.07) is 9.40. The van der Waals surface area contributed by atoms with Crippen LogP contribution in [-0.4, -0.2) is 54.7 Å². The first-order valence-electron chi connectivity index (χ1n) is 10.9. The molecule has 4 rings (SSSR count). The van der Waals surface area contributed by atoms with Crippen molar-refractivity contribution in [2.45, 2.75) is 31.9 Å². The zero-order valence-electron chi connectivity index (χ0n) is 18.5. The zero-order valence-corrected chi connectivity index (χ0v) is 18.5. The van der Waals surface area contributed by atoms with Gasteiger partial charge in [-0.1, -0.05) is 6.07 Å². The zero-order chi connectivity index (χ0) is 23.5. The Morgan fingerprint density at radius 2 is 1.94 bits per heavy atom. The quantitative estimate of drug-likeness (QED) is 0.388. The molecule has 33 heavy (non-hydrogen) atoms. The summed E-state index contributed by atoms with van der Waals surface area (Å²) in [7, 11) is 1.50. The first-order valence-corrected chi connectivity index (χ1v) is 10.9. The van der Waals surface area contributed by atoms with Gasteiger partial charge in [0.2, 0.25) is 0 Å². The Bertz CT molecular complexity index is 1070. The Labute approximate surface area is 191 Å². The fourth-order valence-corrected chi connectivity index (χ4v) is 4.31. The first-order chi connectivity index (χ1) is 15.9. The normalized spacial score (nSPS) is 22.1. The standard InChI is InChI=1S/C25H26FNO6/c1-3-32-19-11-8-16(13-20(19)31-2)22-21(23(28)15-6-9-17(26)10-7-15)24(29)25(30)27(22)14-18-5-4-12-33-18/h6-11,13,18,22,28H,3-5,12,14H2,1-2H3/t18-,22-/m0/s1. The lowest BCUT2D eigenvalue weighted by Gasteiger charge is -2.28. The molecule has 0 unspecified atom stereocenters. The number of rotatable bonds is 7. The van der Waals surface area contributed by atoms with Crippen LogP contribution in [0.15, 0.2) is 48.0 Å². The number of likely N-dealkylation sites (tertiary alicyclic amines) is 1. The molecule has 174 valence electrons. The van der Waals surface area contributed by atoms with Gasteiger partial charge in [0.25, 0.3) is 11.7 Å². The number of hydrogen-bond donors (Lipinski definition) is 1. The molecule has 2 aliphatic heterocycles. The van der Waals surface area contributed by atoms with Gasteiger partial charge in [-0.2, -0.15) is 0 Å². The van der Waals surface area contributed by atoms with E-state index in [0.29, 0.717) is 30.3 Å². The number of aliphatic hydroxyl groups is 1. The van der Waals surface area contributed by atoms with Gasteiger partial charge in [-0.15, -0.1) is 0 Å². The highest BCUT2D eigenvalue weighted by Gasteiger charge is 2.47. The molecule has 2 aliphatic rings. The molecule has 2 fully saturated rings. The summed E-state index contributed by atoms with van der Waals surface area (Å²) in [5.41, 5.74) is 0.765. The molecule has 0 bridgehead atoms. The molecule has 2 aromatic carbocycles. The molecule has 2 heterocycles. The number of aliphatic hydroxyl groups excluding tert-OH is 1. The number of methoxy groups -OCH3 is 1. The topological polar surface area (TPSA) is 85.3 Å². The number of hydrogen-bond acceptors (Lipinski definition) is 6. The van der Waals surface area contributed by atoms with Crippen molar-refractivity contribution >= 4 is 17.4 Å². The molecule has 0 aromatic heterocycles. The molecule has 1 amide bonds. The fraction of sp³-hybridized carbons (Fsp3) is 0.360. The molecule has 1 N–H and O–H groups in total. The fourth-order valence-electron chi connectivity index (χ4n) is 4.31. The van der Waals surface area contributed by atoms with Gasteiger partial charge in [0.1, 0.15) is 11.6 Å². The number of benzene rings is 2. The lowest BCUT2D eigenvalue weighted by Crippen LogP contribution is -2.36. The molecule has 0 spiro atoms. The van der Waals surface area contributed by atoms with Crippen molar-refractivity contribution in [1.29, 1.82) is 0 Å². The van der Waals surface area contributed by atoms with E-state index in [-0.39, 0.29) is 29.5 Å². The van der Waals surface area contributed by atoms with Crippen LogP contribution < -0.4 is 9.47 Å². The Kier molecular flexibility index (Phi) is 6.65. The van der Waals surface area contributed by atoms with Gasteiger partial charge in [-0.25, -0.2) is 4.39 Å². The molecule has 2 aromatic rings. The van der Waals surface area contributed by atoms with E-state index in [0.717, 1.165) is 12.8 Å². The molecular formula is C25H26FNO6. The largest absolute Gasteiger partial charge is 0.507 e. The van der Waals surface area contributed by atoms with Crippen molar-refractivity contribution in [3.8, 4) is 11.5 Å². The van der Waals surface area contributed by atoms with Crippen LogP contribution in [0.4, 0.5) is 4.39 Å². The average Bonchev–Trinajstić information content (AvgIpc) is 3.42. The van der Waals surface area contributed by atoms with Crippen LogP contribution in [0.2, 0.25) is 0 Å². The van der Waals surface area contributed by atoms with Gasteiger partial charge in [0.05, 0.1) is 31.4 Å². The summed E-state index contributed by atoms with van der Waals surface area (Å²) in [5.74, 6) is -1.38. The van der Waals surface area contributed by atoms with Crippen LogP contribution in [0.5, 0.6) is 11.5 Å². The van der Waals surface area contributed by atoms with E-state index in [9.17, 15) is 19.1 Å². The minimum absolute atomic E-state index is 0.0594. The maximum atomic E-state index is 13.4. The maximum absolute atomic E-state index is 13.4. The third kappa shape index (κ3) is 4.43. The minimum atomic E-state index is -0.858. The summed E-state index contributed by atoms with van der Waals surface area (Å²) in [5, 5.41) is 11.0. The van der Waals surface area contributed by atoms with E-state index in [1.165, 1.54) is 36.3 Å². The molecule has 2 saturated heterocycles. The summed E-state index contributed by atoms with van der Waals surface area (Å²) in [4.78, 5) is 27.6. The summed E-state index contributed by atoms with van der Waals surface area (Å²) >= 11 is 0. The Morgan fingerprint density at radius 3 is 2.58 bits per heavy atom. The van der Waals surface area contributed by atoms with E-state index in [1.54, 1.807) is 18.2 Å². The van der Waals surface area contributed by atoms with Gasteiger partial charge in [0, 0.05) is 18.7 Å². The molecule has 8 heteroatoms. The second kappa shape index (κ2) is 9.62. The second-order valence-corrected chi connectivity index (χ2v) is 7.94. The molecule has 7 nitrogen and oxygen atoms in total. The van der Waals surface area contributed by atoms with E-state index >= 15 is 0 Å². The summed E-state index contributed by atoms with van der Waals surface area (Å²) in [6.07, 6.45) is 1.47. The van der Waals surface area contributed by atoms with E-state index in [1.807, 2.05) is 6.92 Å². The SMILES string of the molecule is CCOc1ccc([C@H]2C(=C(O)c3ccc(F)cc3)C(=O)C(=O)N2C[C@@H]2CCCO2)cc1OC. The number of Topliss-reactive ketones (excluding diaryl/α,β-unsaturated/α-hetero) is 1. The van der Waals surface area contributed by atoms with E-state index in [4.69, 9.17) is 14.2 Å². The number of nitrogens with zero attached hydrogens (tertiary/aromatic N) is 1. The number of carbonyl (C=O) groups is 2. The third-order valence-electron chi connectivity index (χ3n) is 5.89. The Hall–Kier alpha value is -3.39. The highest BCUT2D eigenvalue weighted by Crippen LogP contribution is 2.42. The summed E-state index contributed by atoms with van der Waals surface area (Å²) < 4.78 is 30.2. The lowest BCUT2D eigenvalue weighted by molar-refractivity contribution is -0.140. The smallest absolute Gasteiger partial charge is 0.295 e. The van der Waals surface area contributed by atoms with Crippen molar-refractivity contribution in [2.75, 3.05) is 26.9 Å². The van der Waals surface area contributed by atoms with Crippen LogP contribution >= 0.6 is 0 Å². The number of ketones is 1. The predicted octanol–water partition coefficient (Wildman–Crippen LogP) is 3.83. The molecule has 2 atom stereocenters. The van der Waals surface area contributed by atoms with Crippen LogP contribution in [-0.2, 0) is 14.3 Å². The van der Waals surface area contributed by atoms with Crippen molar-refractivity contribution in [3.63, 3.8) is 0 Å². The van der Waals surface area contributed by atoms with Crippen LogP contribution in [0.25, 0.3) is 5.76 Å². The number of ether oxygens (including phenoxy) is 3. The monoisotopic (exact) mass is 455 g/mol. The summed E-state index contributed by atoms with van der Waals surface area (Å²) in [6.45, 7) is 3.11. The Morgan fingerprint density at radius 1 is 1.18 bits per heavy atom. The van der Waals surface area contributed by atoms with E-state index < -0.39 is 23.5 Å². The molecule has 0 saturated carbocycles. The van der Waals surface area contributed by atoms with Crippen LogP contribution in [0.1, 0.15) is 36.9 Å². The highest BCUT2D eigenvalue weighted by atomic mass is 19.1. The third-order valence-corrected chi connectivity index (χ3v) is 5.89. The van der Waals surface area contributed by atoms with Gasteiger partial charge in [-0.3, -0.25) is 9.59 Å². The minimum Gasteiger partial charge on any atom is -0.507 e. The van der Waals surface area contributed by atoms with Gasteiger partial charge in [-0.05, 0) is 61.7 Å². The van der Waals surface area contributed by atoms with Crippen molar-refractivity contribution in [3.05, 3.63) is 65.0 Å². The van der Waals surface area contributed by atoms with Gasteiger partial charge in [0.15, 0.2) is 11.5 Å². The van der Waals surface area contributed by atoms with Gasteiger partial charge >= 0.3 is 0 Å². The lowest BCUT2D eigenvalue weighted by atomic mass is 9.94. The molecule has 0 aliphatic carbocycles. The highest BCUT2D eigenvalue weighted by molar-refractivity contribution is 6.46. The number of carbonyl (C=O) groups excluding carboxylic acids is 2. The van der Waals surface area contributed by atoms with Crippen molar-refractivity contribution in [2.24, 2.45) is 0 Å². The number of amides is 1. The van der Waals surface area contributed by atoms with Crippen LogP contribution in [0.3, 0.4) is 0 Å². The van der Waals surface area contributed by atoms with E-state index in [2.05, 4.69) is 0 Å². The van der Waals surface area contributed by atoms with Crippen molar-refractivity contribution in [1.82, 2.24) is 4.90 Å². The first kappa shape index (κ1) is 22.8. The second-order valence-electron chi connectivity index (χ2n) is 7.94. The maximum Gasteiger partial charge on any atom is 0.295 e. The van der Waals surface area contributed by atoms with Crippen LogP contribution in [0, 0.1) is 5.82 Å². The van der Waals surface area contributed by atoms with Gasteiger partial charge < -0.3 is 24.2 Å². The molecular weight excluding hydrogens is 429 g/mol. The van der Waals surface area contributed by atoms with Crippen molar-refractivity contribution < 1.29 is 33.3 Å². The average molecular weight is 455 g/mol.